The number of halogens is 1. The van der Waals surface area contributed by atoms with Crippen LogP contribution in [-0.4, -0.2) is 78.9 Å². The summed E-state index contributed by atoms with van der Waals surface area (Å²) in [5.74, 6) is -0.152. The maximum Gasteiger partial charge on any atom is 0.309 e. The smallest absolute Gasteiger partial charge is 0.309 e. The van der Waals surface area contributed by atoms with Crippen LogP contribution in [0.1, 0.15) is 55.0 Å². The molecule has 220 valence electrons. The quantitative estimate of drug-likeness (QED) is 0.305. The molecule has 2 saturated heterocycles. The van der Waals surface area contributed by atoms with E-state index in [9.17, 15) is 9.90 Å². The largest absolute Gasteiger partial charge is 0.497 e. The molecule has 41 heavy (non-hydrogen) atoms. The van der Waals surface area contributed by atoms with Gasteiger partial charge in [0.25, 0.3) is 0 Å². The molecule has 0 aliphatic carbocycles. The van der Waals surface area contributed by atoms with Crippen LogP contribution in [-0.2, 0) is 22.5 Å². The number of piperidine rings is 1. The zero-order valence-corrected chi connectivity index (χ0v) is 24.1. The van der Waals surface area contributed by atoms with Crippen LogP contribution in [0.5, 0.6) is 5.75 Å². The van der Waals surface area contributed by atoms with Crippen molar-refractivity contribution in [2.24, 2.45) is 5.41 Å². The number of pyridine rings is 1. The van der Waals surface area contributed by atoms with E-state index in [2.05, 4.69) is 39.0 Å². The summed E-state index contributed by atoms with van der Waals surface area (Å²) in [4.78, 5) is 21.8. The molecule has 0 bridgehead atoms. The molecular weight excluding hydrogens is 521 g/mol. The highest BCUT2D eigenvalue weighted by molar-refractivity contribution is 5.85. The van der Waals surface area contributed by atoms with E-state index in [4.69, 9.17) is 9.47 Å². The molecule has 5 rings (SSSR count). The monoisotopic (exact) mass is 563 g/mol. The first kappa shape index (κ1) is 29.4. The van der Waals surface area contributed by atoms with Crippen LogP contribution in [0.25, 0.3) is 10.9 Å². The molecule has 2 aliphatic heterocycles. The van der Waals surface area contributed by atoms with Crippen molar-refractivity contribution in [1.82, 2.24) is 14.8 Å². The molecule has 0 amide bonds. The average Bonchev–Trinajstić information content (AvgIpc) is 3.01. The summed E-state index contributed by atoms with van der Waals surface area (Å²) < 4.78 is 27.3. The van der Waals surface area contributed by atoms with Gasteiger partial charge in [-0.1, -0.05) is 30.3 Å². The lowest BCUT2D eigenvalue weighted by atomic mass is 9.74. The SMILES string of the molecule is COc1ccc2ncc(CN3CCOCC3)c([C@@H](F)CCC3(C(=O)O)CCN(CCCc4ccccc4)CC3)c2c1. The average molecular weight is 564 g/mol. The van der Waals surface area contributed by atoms with E-state index in [-0.39, 0.29) is 6.42 Å². The number of carbonyl (C=O) groups is 1. The lowest BCUT2D eigenvalue weighted by molar-refractivity contribution is -0.153. The lowest BCUT2D eigenvalue weighted by Gasteiger charge is -2.39. The molecule has 2 aromatic carbocycles. The Labute approximate surface area is 242 Å². The number of hydrogen-bond acceptors (Lipinski definition) is 6. The van der Waals surface area contributed by atoms with Gasteiger partial charge in [-0.2, -0.15) is 0 Å². The van der Waals surface area contributed by atoms with E-state index in [0.29, 0.717) is 55.9 Å². The number of likely N-dealkylation sites (tertiary alicyclic amines) is 1. The normalized spacial score (nSPS) is 18.8. The van der Waals surface area contributed by atoms with Crippen molar-refractivity contribution in [2.75, 3.05) is 53.0 Å². The molecule has 2 aliphatic rings. The van der Waals surface area contributed by atoms with E-state index < -0.39 is 17.6 Å². The highest BCUT2D eigenvalue weighted by Gasteiger charge is 2.41. The topological polar surface area (TPSA) is 75.1 Å². The number of carboxylic acids is 1. The number of morpholine rings is 1. The third-order valence-electron chi connectivity index (χ3n) is 8.94. The number of ether oxygens (including phenoxy) is 2. The Morgan fingerprint density at radius 3 is 2.56 bits per heavy atom. The van der Waals surface area contributed by atoms with E-state index in [1.165, 1.54) is 5.56 Å². The maximum atomic E-state index is 16.4. The van der Waals surface area contributed by atoms with Crippen molar-refractivity contribution < 1.29 is 23.8 Å². The Morgan fingerprint density at radius 1 is 1.10 bits per heavy atom. The van der Waals surface area contributed by atoms with Crippen LogP contribution in [0.2, 0.25) is 0 Å². The van der Waals surface area contributed by atoms with Gasteiger partial charge in [0, 0.05) is 36.8 Å². The first-order chi connectivity index (χ1) is 20.0. The fourth-order valence-corrected chi connectivity index (χ4v) is 6.33. The number of alkyl halides is 1. The first-order valence-electron chi connectivity index (χ1n) is 14.9. The van der Waals surface area contributed by atoms with Gasteiger partial charge in [-0.25, -0.2) is 4.39 Å². The molecule has 0 unspecified atom stereocenters. The highest BCUT2D eigenvalue weighted by atomic mass is 19.1. The predicted octanol–water partition coefficient (Wildman–Crippen LogP) is 5.67. The Kier molecular flexibility index (Phi) is 9.85. The molecule has 0 saturated carbocycles. The number of methoxy groups -OCH3 is 1. The fourth-order valence-electron chi connectivity index (χ4n) is 6.33. The van der Waals surface area contributed by atoms with Crippen molar-refractivity contribution in [3.05, 3.63) is 71.4 Å². The molecule has 2 fully saturated rings. The Bertz CT molecular complexity index is 1290. The van der Waals surface area contributed by atoms with Crippen LogP contribution >= 0.6 is 0 Å². The van der Waals surface area contributed by atoms with Crippen LogP contribution in [0.3, 0.4) is 0 Å². The van der Waals surface area contributed by atoms with Gasteiger partial charge in [0.15, 0.2) is 0 Å². The summed E-state index contributed by atoms with van der Waals surface area (Å²) in [6.45, 7) is 5.90. The number of carboxylic acid groups (broad SMARTS) is 1. The fraction of sp³-hybridized carbons (Fsp3) is 0.515. The summed E-state index contributed by atoms with van der Waals surface area (Å²) >= 11 is 0. The standard InChI is InChI=1S/C33H42FN3O4/c1-40-27-9-10-30-28(22-27)31(26(23-35-30)24-37-18-20-41-21-19-37)29(34)11-12-33(32(38)39)13-16-36(17-14-33)15-5-8-25-6-3-2-4-7-25/h2-4,6-7,9-10,22-23,29H,5,8,11-21,24H2,1H3,(H,38,39)/t29-/m0/s1. The number of fused-ring (bicyclic) bond motifs is 1. The summed E-state index contributed by atoms with van der Waals surface area (Å²) in [6, 6.07) is 16.0. The van der Waals surface area contributed by atoms with Crippen molar-refractivity contribution in [3.8, 4) is 5.75 Å². The minimum absolute atomic E-state index is 0.159. The van der Waals surface area contributed by atoms with Gasteiger partial charge in [-0.05, 0) is 87.5 Å². The van der Waals surface area contributed by atoms with Gasteiger partial charge in [0.1, 0.15) is 11.9 Å². The Balaban J connectivity index is 1.27. The van der Waals surface area contributed by atoms with Crippen molar-refractivity contribution in [2.45, 2.75) is 51.2 Å². The van der Waals surface area contributed by atoms with Gasteiger partial charge < -0.3 is 19.5 Å². The van der Waals surface area contributed by atoms with Gasteiger partial charge >= 0.3 is 5.97 Å². The van der Waals surface area contributed by atoms with Crippen LogP contribution in [0.15, 0.2) is 54.7 Å². The van der Waals surface area contributed by atoms with E-state index in [1.54, 1.807) is 13.3 Å². The number of hydrogen-bond donors (Lipinski definition) is 1. The molecule has 0 spiro atoms. The van der Waals surface area contributed by atoms with Crippen molar-refractivity contribution >= 4 is 16.9 Å². The number of aliphatic carboxylic acids is 1. The minimum Gasteiger partial charge on any atom is -0.497 e. The highest BCUT2D eigenvalue weighted by Crippen LogP contribution is 2.42. The van der Waals surface area contributed by atoms with Gasteiger partial charge in [-0.3, -0.25) is 14.7 Å². The van der Waals surface area contributed by atoms with Gasteiger partial charge in [0.2, 0.25) is 0 Å². The van der Waals surface area contributed by atoms with Gasteiger partial charge in [0.05, 0.1) is 31.3 Å². The summed E-state index contributed by atoms with van der Waals surface area (Å²) in [7, 11) is 1.60. The van der Waals surface area contributed by atoms with Crippen molar-refractivity contribution in [1.29, 1.82) is 0 Å². The number of aromatic nitrogens is 1. The molecule has 3 heterocycles. The van der Waals surface area contributed by atoms with Crippen LogP contribution in [0, 0.1) is 5.41 Å². The minimum atomic E-state index is -1.30. The number of aryl methyl sites for hydroxylation is 1. The summed E-state index contributed by atoms with van der Waals surface area (Å²) in [5.41, 5.74) is 2.60. The molecule has 1 atom stereocenters. The first-order valence-corrected chi connectivity index (χ1v) is 14.9. The van der Waals surface area contributed by atoms with E-state index in [1.807, 2.05) is 24.3 Å². The zero-order chi connectivity index (χ0) is 28.7. The Morgan fingerprint density at radius 2 is 1.85 bits per heavy atom. The maximum absolute atomic E-state index is 16.4. The number of rotatable bonds is 12. The second kappa shape index (κ2) is 13.7. The lowest BCUT2D eigenvalue weighted by Crippen LogP contribution is -2.44. The molecule has 0 radical (unpaired) electrons. The predicted molar refractivity (Wildman–Crippen MR) is 158 cm³/mol. The number of nitrogens with zero attached hydrogens (tertiary/aromatic N) is 3. The molecule has 1 N–H and O–H groups in total. The molecular formula is C33H42FN3O4. The molecule has 3 aromatic rings. The van der Waals surface area contributed by atoms with E-state index >= 15 is 4.39 Å². The molecule has 1 aromatic heterocycles. The summed E-state index contributed by atoms with van der Waals surface area (Å²) in [5, 5.41) is 11.0. The molecule has 7 nitrogen and oxygen atoms in total. The van der Waals surface area contributed by atoms with Crippen LogP contribution < -0.4 is 4.74 Å². The second-order valence-electron chi connectivity index (χ2n) is 11.5. The van der Waals surface area contributed by atoms with Gasteiger partial charge in [-0.15, -0.1) is 0 Å². The summed E-state index contributed by atoms with van der Waals surface area (Å²) in [6.07, 6.45) is 4.11. The Hall–Kier alpha value is -3.07. The third kappa shape index (κ3) is 7.23. The number of benzene rings is 2. The van der Waals surface area contributed by atoms with E-state index in [0.717, 1.165) is 56.5 Å². The zero-order valence-electron chi connectivity index (χ0n) is 24.1. The third-order valence-corrected chi connectivity index (χ3v) is 8.94. The van der Waals surface area contributed by atoms with Crippen molar-refractivity contribution in [3.63, 3.8) is 0 Å². The van der Waals surface area contributed by atoms with Crippen LogP contribution in [0.4, 0.5) is 4.39 Å². The second-order valence-corrected chi connectivity index (χ2v) is 11.5. The molecule has 8 heteroatoms.